The maximum Gasteiger partial charge on any atom is 0.148 e. The predicted octanol–water partition coefficient (Wildman–Crippen LogP) is 2.75. The second-order valence-corrected chi connectivity index (χ2v) is 4.40. The van der Waals surface area contributed by atoms with Crippen LogP contribution in [-0.4, -0.2) is 36.9 Å². The number of hydrogen-bond acceptors (Lipinski definition) is 4. The molecule has 1 heterocycles. The second kappa shape index (κ2) is 7.40. The zero-order valence-corrected chi connectivity index (χ0v) is 11.8. The lowest BCUT2D eigenvalue weighted by molar-refractivity contribution is 0.0716. The number of methoxy groups -OCH3 is 1. The van der Waals surface area contributed by atoms with Gasteiger partial charge in [0.05, 0.1) is 24.3 Å². The minimum Gasteiger partial charge on any atom is -0.382 e. The molecule has 0 unspecified atom stereocenters. The van der Waals surface area contributed by atoms with E-state index >= 15 is 0 Å². The molecular formula is C9H11BrCl2N2O2. The summed E-state index contributed by atoms with van der Waals surface area (Å²) in [6.07, 6.45) is 0.566. The third-order valence-electron chi connectivity index (χ3n) is 1.72. The zero-order valence-electron chi connectivity index (χ0n) is 8.67. The van der Waals surface area contributed by atoms with Gasteiger partial charge in [-0.2, -0.15) is 0 Å². The van der Waals surface area contributed by atoms with Crippen molar-refractivity contribution in [1.29, 1.82) is 0 Å². The molecule has 0 spiro atoms. The van der Waals surface area contributed by atoms with E-state index in [4.69, 9.17) is 32.7 Å². The van der Waals surface area contributed by atoms with Crippen LogP contribution in [0.4, 0.5) is 0 Å². The van der Waals surface area contributed by atoms with Crippen molar-refractivity contribution < 1.29 is 9.47 Å². The summed E-state index contributed by atoms with van der Waals surface area (Å²) in [6.45, 7) is 1.63. The van der Waals surface area contributed by atoms with Crippen LogP contribution in [0.3, 0.4) is 0 Å². The first-order chi connectivity index (χ1) is 7.65. The summed E-state index contributed by atoms with van der Waals surface area (Å²) >= 11 is 14.9. The molecule has 0 aliphatic carbocycles. The number of ether oxygens (including phenoxy) is 2. The molecule has 0 radical (unpaired) electrons. The molecular weight excluding hydrogens is 319 g/mol. The molecule has 16 heavy (non-hydrogen) atoms. The van der Waals surface area contributed by atoms with E-state index < -0.39 is 0 Å². The first-order valence-corrected chi connectivity index (χ1v) is 6.14. The lowest BCUT2D eigenvalue weighted by Crippen LogP contribution is -2.07. The SMILES string of the molecule is COCCOCCc1nc(Cl)c(Br)c(Cl)n1. The standard InChI is InChI=1S/C9H11BrCl2N2O2/c1-15-4-5-16-3-2-6-13-8(11)7(10)9(12)14-6/h2-5H2,1H3. The summed E-state index contributed by atoms with van der Waals surface area (Å²) in [7, 11) is 1.63. The van der Waals surface area contributed by atoms with Gasteiger partial charge < -0.3 is 9.47 Å². The Kier molecular flexibility index (Phi) is 6.53. The molecule has 0 saturated carbocycles. The molecule has 1 aromatic heterocycles. The molecule has 0 fully saturated rings. The van der Waals surface area contributed by atoms with Crippen molar-refractivity contribution in [2.45, 2.75) is 6.42 Å². The molecule has 90 valence electrons. The first-order valence-electron chi connectivity index (χ1n) is 4.59. The Morgan fingerprint density at radius 3 is 2.31 bits per heavy atom. The Morgan fingerprint density at radius 2 is 1.75 bits per heavy atom. The lowest BCUT2D eigenvalue weighted by Gasteiger charge is -2.04. The van der Waals surface area contributed by atoms with E-state index in [2.05, 4.69) is 25.9 Å². The minimum atomic E-state index is 0.312. The minimum absolute atomic E-state index is 0.312. The van der Waals surface area contributed by atoms with Crippen molar-refractivity contribution in [2.75, 3.05) is 26.9 Å². The highest BCUT2D eigenvalue weighted by Crippen LogP contribution is 2.26. The van der Waals surface area contributed by atoms with Crippen LogP contribution in [0.1, 0.15) is 5.82 Å². The van der Waals surface area contributed by atoms with Crippen LogP contribution in [-0.2, 0) is 15.9 Å². The Hall–Kier alpha value is 0.0600. The van der Waals surface area contributed by atoms with Crippen molar-refractivity contribution in [3.05, 3.63) is 20.6 Å². The fourth-order valence-corrected chi connectivity index (χ4v) is 1.55. The highest BCUT2D eigenvalue weighted by atomic mass is 79.9. The van der Waals surface area contributed by atoms with Gasteiger partial charge >= 0.3 is 0 Å². The Balaban J connectivity index is 2.43. The molecule has 0 amide bonds. The summed E-state index contributed by atoms with van der Waals surface area (Å²) in [5.74, 6) is 0.565. The van der Waals surface area contributed by atoms with Gasteiger partial charge in [-0.25, -0.2) is 9.97 Å². The van der Waals surface area contributed by atoms with Gasteiger partial charge in [-0.15, -0.1) is 0 Å². The second-order valence-electron chi connectivity index (χ2n) is 2.89. The van der Waals surface area contributed by atoms with Gasteiger partial charge in [0.1, 0.15) is 16.1 Å². The van der Waals surface area contributed by atoms with E-state index in [1.165, 1.54) is 0 Å². The molecule has 0 N–H and O–H groups in total. The van der Waals surface area contributed by atoms with E-state index in [9.17, 15) is 0 Å². The molecule has 0 bridgehead atoms. The van der Waals surface area contributed by atoms with Crippen LogP contribution in [0.5, 0.6) is 0 Å². The normalized spacial score (nSPS) is 10.8. The number of rotatable bonds is 6. The van der Waals surface area contributed by atoms with Gasteiger partial charge in [-0.1, -0.05) is 23.2 Å². The average Bonchev–Trinajstić information content (AvgIpc) is 2.25. The molecule has 0 aliphatic rings. The molecule has 0 atom stereocenters. The third kappa shape index (κ3) is 4.51. The molecule has 0 aliphatic heterocycles. The van der Waals surface area contributed by atoms with Crippen LogP contribution in [0, 0.1) is 0 Å². The molecule has 0 saturated heterocycles. The number of hydrogen-bond donors (Lipinski definition) is 0. The number of halogens is 3. The van der Waals surface area contributed by atoms with Crippen molar-refractivity contribution in [1.82, 2.24) is 9.97 Å². The van der Waals surface area contributed by atoms with Crippen molar-refractivity contribution in [3.8, 4) is 0 Å². The first kappa shape index (κ1) is 14.1. The molecule has 1 rings (SSSR count). The fraction of sp³-hybridized carbons (Fsp3) is 0.556. The van der Waals surface area contributed by atoms with Gasteiger partial charge in [-0.3, -0.25) is 0 Å². The summed E-state index contributed by atoms with van der Waals surface area (Å²) in [5.41, 5.74) is 0. The van der Waals surface area contributed by atoms with Crippen molar-refractivity contribution >= 4 is 39.1 Å². The molecule has 7 heteroatoms. The fourth-order valence-electron chi connectivity index (χ4n) is 0.954. The highest BCUT2D eigenvalue weighted by molar-refractivity contribution is 9.10. The van der Waals surface area contributed by atoms with Gasteiger partial charge in [0.25, 0.3) is 0 Å². The van der Waals surface area contributed by atoms with Crippen LogP contribution < -0.4 is 0 Å². The van der Waals surface area contributed by atoms with Gasteiger partial charge in [0, 0.05) is 13.5 Å². The summed E-state index contributed by atoms with van der Waals surface area (Å²) < 4.78 is 10.6. The van der Waals surface area contributed by atoms with Gasteiger partial charge in [0.2, 0.25) is 0 Å². The predicted molar refractivity (Wildman–Crippen MR) is 66.2 cm³/mol. The summed E-state index contributed by atoms with van der Waals surface area (Å²) in [5, 5.41) is 0.624. The van der Waals surface area contributed by atoms with Gasteiger partial charge in [-0.05, 0) is 15.9 Å². The molecule has 0 aromatic carbocycles. The smallest absolute Gasteiger partial charge is 0.148 e. The topological polar surface area (TPSA) is 44.2 Å². The van der Waals surface area contributed by atoms with E-state index in [0.29, 0.717) is 46.8 Å². The summed E-state index contributed by atoms with van der Waals surface area (Å²) in [4.78, 5) is 8.13. The summed E-state index contributed by atoms with van der Waals surface area (Å²) in [6, 6.07) is 0. The molecule has 4 nitrogen and oxygen atoms in total. The van der Waals surface area contributed by atoms with E-state index in [1.807, 2.05) is 0 Å². The third-order valence-corrected chi connectivity index (χ3v) is 3.47. The van der Waals surface area contributed by atoms with Crippen LogP contribution in [0.15, 0.2) is 4.47 Å². The van der Waals surface area contributed by atoms with E-state index in [-0.39, 0.29) is 0 Å². The highest BCUT2D eigenvalue weighted by Gasteiger charge is 2.08. The monoisotopic (exact) mass is 328 g/mol. The van der Waals surface area contributed by atoms with Crippen LogP contribution in [0.25, 0.3) is 0 Å². The van der Waals surface area contributed by atoms with Gasteiger partial charge in [0.15, 0.2) is 0 Å². The maximum atomic E-state index is 5.84. The number of nitrogens with zero attached hydrogens (tertiary/aromatic N) is 2. The Labute approximate surface area is 112 Å². The lowest BCUT2D eigenvalue weighted by atomic mass is 10.4. The quantitative estimate of drug-likeness (QED) is 0.594. The maximum absolute atomic E-state index is 5.84. The zero-order chi connectivity index (χ0) is 12.0. The van der Waals surface area contributed by atoms with Crippen molar-refractivity contribution in [2.24, 2.45) is 0 Å². The number of aromatic nitrogens is 2. The van der Waals surface area contributed by atoms with Crippen LogP contribution >= 0.6 is 39.1 Å². The van der Waals surface area contributed by atoms with Crippen LogP contribution in [0.2, 0.25) is 10.3 Å². The van der Waals surface area contributed by atoms with E-state index in [0.717, 1.165) is 0 Å². The Morgan fingerprint density at radius 1 is 1.12 bits per heavy atom. The Bertz CT molecular complexity index is 329. The molecule has 1 aromatic rings. The van der Waals surface area contributed by atoms with E-state index in [1.54, 1.807) is 7.11 Å². The van der Waals surface area contributed by atoms with Crippen molar-refractivity contribution in [3.63, 3.8) is 0 Å². The average molecular weight is 330 g/mol. The largest absolute Gasteiger partial charge is 0.382 e.